The second-order valence-corrected chi connectivity index (χ2v) is 8.15. The molecular weight excluding hydrogens is 482 g/mol. The lowest BCUT2D eigenvalue weighted by Gasteiger charge is -2.23. The van der Waals surface area contributed by atoms with Crippen molar-refractivity contribution in [3.05, 3.63) is 92.3 Å². The highest BCUT2D eigenvalue weighted by atomic mass is 16.5. The van der Waals surface area contributed by atoms with Gasteiger partial charge in [0.15, 0.2) is 0 Å². The molecular formula is C35H53NO3. The normalized spacial score (nSPS) is 9.82. The standard InChI is InChI=1S/C24H20O3.C3H8.C2H7N.3C2H6/c1-13-9-19-21(11-15(13)3)27-22-12-16(4)14(2)10-20(22)23(19)17-7-5-6-8-18(17)24(25)26;1-3-2;1-2-3;3*1-2/h5-12H,3H2,1-2,4H3,(H,25,26);3H2,1-2H3;2-3H2,1H3;3*1-2H3. The second kappa shape index (κ2) is 20.6. The summed E-state index contributed by atoms with van der Waals surface area (Å²) in [5.41, 5.74) is 10.9. The van der Waals surface area contributed by atoms with Gasteiger partial charge in [-0.2, -0.15) is 0 Å². The van der Waals surface area contributed by atoms with E-state index in [1.807, 2.05) is 92.6 Å². The molecule has 4 rings (SSSR count). The van der Waals surface area contributed by atoms with Crippen molar-refractivity contribution >= 4 is 18.1 Å². The lowest BCUT2D eigenvalue weighted by atomic mass is 9.88. The summed E-state index contributed by atoms with van der Waals surface area (Å²) in [6.45, 7) is 29.1. The Morgan fingerprint density at radius 2 is 1.28 bits per heavy atom. The first-order valence-electron chi connectivity index (χ1n) is 14.4. The third-order valence-electron chi connectivity index (χ3n) is 5.22. The summed E-state index contributed by atoms with van der Waals surface area (Å²) in [7, 11) is 0. The molecule has 0 aliphatic carbocycles. The number of hydrogen-bond donors (Lipinski definition) is 2. The van der Waals surface area contributed by atoms with Crippen molar-refractivity contribution in [3.8, 4) is 11.5 Å². The summed E-state index contributed by atoms with van der Waals surface area (Å²) < 4.78 is 6.19. The van der Waals surface area contributed by atoms with Crippen LogP contribution in [0.25, 0.3) is 12.2 Å². The predicted octanol–water partition coefficient (Wildman–Crippen LogP) is 8.53. The molecule has 0 aromatic heterocycles. The fourth-order valence-corrected chi connectivity index (χ4v) is 3.52. The molecule has 0 bridgehead atoms. The molecule has 0 saturated carbocycles. The maximum atomic E-state index is 11.9. The average Bonchev–Trinajstić information content (AvgIpc) is 2.94. The molecule has 1 heterocycles. The van der Waals surface area contributed by atoms with Gasteiger partial charge < -0.3 is 15.6 Å². The number of aromatic carboxylic acids is 1. The van der Waals surface area contributed by atoms with E-state index in [4.69, 9.17) is 10.5 Å². The van der Waals surface area contributed by atoms with E-state index >= 15 is 0 Å². The maximum absolute atomic E-state index is 11.9. The summed E-state index contributed by atoms with van der Waals surface area (Å²) in [6.07, 6.45) is 1.25. The number of rotatable bonds is 2. The highest BCUT2D eigenvalue weighted by molar-refractivity contribution is 5.98. The largest absolute Gasteiger partial charge is 0.478 e. The molecule has 39 heavy (non-hydrogen) atoms. The maximum Gasteiger partial charge on any atom is 0.336 e. The molecule has 0 atom stereocenters. The van der Waals surface area contributed by atoms with Crippen molar-refractivity contribution < 1.29 is 14.6 Å². The van der Waals surface area contributed by atoms with Crippen LogP contribution in [0.15, 0.2) is 48.5 Å². The Morgan fingerprint density at radius 1 is 0.795 bits per heavy atom. The Hall–Kier alpha value is -3.37. The van der Waals surface area contributed by atoms with Crippen LogP contribution in [0.3, 0.4) is 0 Å². The van der Waals surface area contributed by atoms with Crippen molar-refractivity contribution in [2.45, 2.75) is 89.5 Å². The van der Waals surface area contributed by atoms with Gasteiger partial charge in [0.25, 0.3) is 0 Å². The number of carbonyl (C=O) groups is 1. The molecule has 216 valence electrons. The van der Waals surface area contributed by atoms with Gasteiger partial charge in [-0.1, -0.05) is 93.5 Å². The number of aryl methyl sites for hydroxylation is 3. The van der Waals surface area contributed by atoms with Crippen molar-refractivity contribution in [1.29, 1.82) is 0 Å². The van der Waals surface area contributed by atoms with Gasteiger partial charge in [0.05, 0.1) is 5.56 Å². The number of fused-ring (bicyclic) bond motifs is 2. The Morgan fingerprint density at radius 3 is 1.79 bits per heavy atom. The molecule has 0 amide bonds. The van der Waals surface area contributed by atoms with Crippen LogP contribution in [0.4, 0.5) is 0 Å². The van der Waals surface area contributed by atoms with Gasteiger partial charge in [-0.05, 0) is 85.1 Å². The molecule has 0 spiro atoms. The molecule has 4 nitrogen and oxygen atoms in total. The zero-order chi connectivity index (χ0) is 30.7. The van der Waals surface area contributed by atoms with E-state index in [-0.39, 0.29) is 5.56 Å². The Kier molecular flexibility index (Phi) is 19.9. The van der Waals surface area contributed by atoms with E-state index in [0.717, 1.165) is 50.6 Å². The van der Waals surface area contributed by atoms with Crippen LogP contribution in [-0.4, -0.2) is 17.6 Å². The lowest BCUT2D eigenvalue weighted by molar-refractivity contribution is 0.0696. The molecule has 1 aliphatic heterocycles. The number of benzene rings is 3. The van der Waals surface area contributed by atoms with Crippen LogP contribution in [0.1, 0.15) is 107 Å². The van der Waals surface area contributed by atoms with Gasteiger partial charge in [0.2, 0.25) is 0 Å². The number of nitrogens with two attached hydrogens (primary N) is 1. The molecule has 0 radical (unpaired) electrons. The fraction of sp³-hybridized carbons (Fsp3) is 0.400. The van der Waals surface area contributed by atoms with Crippen molar-refractivity contribution in [2.75, 3.05) is 6.54 Å². The highest BCUT2D eigenvalue weighted by Gasteiger charge is 2.24. The number of hydrogen-bond acceptors (Lipinski definition) is 3. The van der Waals surface area contributed by atoms with Crippen LogP contribution >= 0.6 is 0 Å². The first-order chi connectivity index (χ1) is 18.7. The molecule has 3 aromatic rings. The molecule has 0 saturated heterocycles. The summed E-state index contributed by atoms with van der Waals surface area (Å²) in [6, 6.07) is 15.2. The number of ether oxygens (including phenoxy) is 1. The van der Waals surface area contributed by atoms with Crippen molar-refractivity contribution in [2.24, 2.45) is 5.73 Å². The van der Waals surface area contributed by atoms with E-state index in [2.05, 4.69) is 33.4 Å². The minimum absolute atomic E-state index is 0.279. The monoisotopic (exact) mass is 535 g/mol. The molecule has 0 unspecified atom stereocenters. The zero-order valence-corrected chi connectivity index (χ0v) is 26.6. The minimum Gasteiger partial charge on any atom is -0.478 e. The quantitative estimate of drug-likeness (QED) is 0.270. The molecule has 4 heteroatoms. The Labute approximate surface area is 238 Å². The SMILES string of the molecule is C=c1cc2c(cc1C)=C(c1ccccc1C(=O)O)c1cc(C)c(C)cc1O2.CC.CC.CC.CCC.CCN. The third kappa shape index (κ3) is 10.4. The molecule has 1 aliphatic rings. The van der Waals surface area contributed by atoms with Gasteiger partial charge in [-0.25, -0.2) is 4.79 Å². The van der Waals surface area contributed by atoms with Gasteiger partial charge in [-0.3, -0.25) is 0 Å². The minimum atomic E-state index is -0.943. The molecule has 3 aromatic carbocycles. The summed E-state index contributed by atoms with van der Waals surface area (Å²) >= 11 is 0. The van der Waals surface area contributed by atoms with Gasteiger partial charge in [0.1, 0.15) is 11.5 Å². The Balaban J connectivity index is 0. The molecule has 3 N–H and O–H groups in total. The van der Waals surface area contributed by atoms with Crippen LogP contribution in [-0.2, 0) is 0 Å². The van der Waals surface area contributed by atoms with Crippen LogP contribution in [0.5, 0.6) is 11.5 Å². The van der Waals surface area contributed by atoms with Crippen LogP contribution < -0.4 is 20.9 Å². The van der Waals surface area contributed by atoms with Crippen molar-refractivity contribution in [3.63, 3.8) is 0 Å². The molecule has 0 fully saturated rings. The van der Waals surface area contributed by atoms with E-state index in [9.17, 15) is 9.90 Å². The first kappa shape index (κ1) is 37.8. The first-order valence-corrected chi connectivity index (χ1v) is 14.4. The summed E-state index contributed by atoms with van der Waals surface area (Å²) in [5, 5.41) is 11.5. The van der Waals surface area contributed by atoms with Gasteiger partial charge in [-0.15, -0.1) is 0 Å². The van der Waals surface area contributed by atoms with E-state index in [0.29, 0.717) is 11.3 Å². The summed E-state index contributed by atoms with van der Waals surface area (Å²) in [4.78, 5) is 11.9. The number of carboxylic acid groups (broad SMARTS) is 1. The average molecular weight is 536 g/mol. The van der Waals surface area contributed by atoms with Gasteiger partial charge in [0, 0.05) is 16.4 Å². The topological polar surface area (TPSA) is 72.5 Å². The summed E-state index contributed by atoms with van der Waals surface area (Å²) in [5.74, 6) is 0.502. The Bertz CT molecular complexity index is 1260. The predicted molar refractivity (Wildman–Crippen MR) is 172 cm³/mol. The van der Waals surface area contributed by atoms with Crippen molar-refractivity contribution in [1.82, 2.24) is 0 Å². The van der Waals surface area contributed by atoms with E-state index in [1.165, 1.54) is 6.42 Å². The van der Waals surface area contributed by atoms with E-state index < -0.39 is 5.97 Å². The zero-order valence-electron chi connectivity index (χ0n) is 26.6. The second-order valence-electron chi connectivity index (χ2n) is 8.15. The van der Waals surface area contributed by atoms with Crippen LogP contribution in [0, 0.1) is 20.8 Å². The third-order valence-corrected chi connectivity index (χ3v) is 5.22. The fourth-order valence-electron chi connectivity index (χ4n) is 3.52. The van der Waals surface area contributed by atoms with E-state index in [1.54, 1.807) is 12.1 Å². The lowest BCUT2D eigenvalue weighted by Crippen LogP contribution is -2.22. The van der Waals surface area contributed by atoms with Gasteiger partial charge >= 0.3 is 5.97 Å². The highest BCUT2D eigenvalue weighted by Crippen LogP contribution is 2.38. The number of carboxylic acids is 1. The van der Waals surface area contributed by atoms with Crippen LogP contribution in [0.2, 0.25) is 0 Å². The smallest absolute Gasteiger partial charge is 0.336 e.